The van der Waals surface area contributed by atoms with Crippen molar-refractivity contribution < 1.29 is 29.7 Å². The lowest BCUT2D eigenvalue weighted by Gasteiger charge is -2.12. The number of carboxylic acid groups (broad SMARTS) is 1. The summed E-state index contributed by atoms with van der Waals surface area (Å²) in [7, 11) is 0. The molecular weight excluding hydrogens is 254 g/mol. The van der Waals surface area contributed by atoms with Gasteiger partial charge >= 0.3 is 5.97 Å². The standard InChI is InChI=1S/C12H21NO6/c14-6-3-1-2-4-9(16)8-11(17)13-10(5-7-15)12(18)19/h10,14-15H,1-8H2,(H,13,17)(H,18,19)/t10-/m0/s1. The Labute approximate surface area is 111 Å². The Morgan fingerprint density at radius 1 is 1.00 bits per heavy atom. The lowest BCUT2D eigenvalue weighted by Crippen LogP contribution is -2.42. The third-order valence-corrected chi connectivity index (χ3v) is 2.52. The normalized spacial score (nSPS) is 11.9. The number of rotatable bonds is 11. The number of aliphatic hydroxyl groups is 2. The van der Waals surface area contributed by atoms with Gasteiger partial charge in [0.05, 0.1) is 6.42 Å². The summed E-state index contributed by atoms with van der Waals surface area (Å²) in [6, 6.07) is -1.17. The van der Waals surface area contributed by atoms with Gasteiger partial charge < -0.3 is 20.6 Å². The minimum Gasteiger partial charge on any atom is -0.480 e. The highest BCUT2D eigenvalue weighted by Gasteiger charge is 2.20. The number of hydrogen-bond acceptors (Lipinski definition) is 5. The first-order valence-electron chi connectivity index (χ1n) is 6.26. The summed E-state index contributed by atoms with van der Waals surface area (Å²) in [5, 5.41) is 28.1. The maximum Gasteiger partial charge on any atom is 0.326 e. The lowest BCUT2D eigenvalue weighted by molar-refractivity contribution is -0.143. The van der Waals surface area contributed by atoms with E-state index in [1.807, 2.05) is 0 Å². The fourth-order valence-electron chi connectivity index (χ4n) is 1.51. The first-order chi connectivity index (χ1) is 9.01. The molecule has 1 amide bonds. The second-order valence-corrected chi connectivity index (χ2v) is 4.22. The molecular formula is C12H21NO6. The number of nitrogens with one attached hydrogen (secondary N) is 1. The summed E-state index contributed by atoms with van der Waals surface area (Å²) in [6.07, 6.45) is 1.74. The van der Waals surface area contributed by atoms with Crippen molar-refractivity contribution in [3.63, 3.8) is 0 Å². The number of Topliss-reactive ketones (excluding diaryl/α,β-unsaturated/α-hetero) is 1. The van der Waals surface area contributed by atoms with Gasteiger partial charge in [-0.25, -0.2) is 4.79 Å². The van der Waals surface area contributed by atoms with Gasteiger partial charge in [-0.2, -0.15) is 0 Å². The molecule has 19 heavy (non-hydrogen) atoms. The Bertz CT molecular complexity index is 305. The molecule has 7 heteroatoms. The van der Waals surface area contributed by atoms with E-state index in [-0.39, 0.29) is 38.3 Å². The van der Waals surface area contributed by atoms with Gasteiger partial charge in [0, 0.05) is 26.1 Å². The van der Waals surface area contributed by atoms with Crippen LogP contribution in [0.3, 0.4) is 0 Å². The van der Waals surface area contributed by atoms with E-state index in [9.17, 15) is 14.4 Å². The average molecular weight is 275 g/mol. The van der Waals surface area contributed by atoms with Crippen molar-refractivity contribution >= 4 is 17.7 Å². The predicted octanol–water partition coefficient (Wildman–Crippen LogP) is -0.550. The van der Waals surface area contributed by atoms with E-state index in [0.29, 0.717) is 19.3 Å². The molecule has 0 aliphatic carbocycles. The third-order valence-electron chi connectivity index (χ3n) is 2.52. The second-order valence-electron chi connectivity index (χ2n) is 4.22. The Morgan fingerprint density at radius 3 is 2.21 bits per heavy atom. The summed E-state index contributed by atoms with van der Waals surface area (Å²) >= 11 is 0. The van der Waals surface area contributed by atoms with Crippen molar-refractivity contribution in [2.45, 2.75) is 44.6 Å². The van der Waals surface area contributed by atoms with Gasteiger partial charge in [-0.3, -0.25) is 9.59 Å². The van der Waals surface area contributed by atoms with Crippen LogP contribution in [0.25, 0.3) is 0 Å². The van der Waals surface area contributed by atoms with Crippen molar-refractivity contribution in [3.05, 3.63) is 0 Å². The predicted molar refractivity (Wildman–Crippen MR) is 66.4 cm³/mol. The molecule has 0 aromatic heterocycles. The molecule has 4 N–H and O–H groups in total. The number of amides is 1. The summed E-state index contributed by atoms with van der Waals surface area (Å²) in [5.41, 5.74) is 0. The zero-order valence-corrected chi connectivity index (χ0v) is 10.8. The van der Waals surface area contributed by atoms with Crippen molar-refractivity contribution in [1.29, 1.82) is 0 Å². The quantitative estimate of drug-likeness (QED) is 0.296. The molecule has 0 spiro atoms. The van der Waals surface area contributed by atoms with Crippen LogP contribution >= 0.6 is 0 Å². The van der Waals surface area contributed by atoms with Crippen molar-refractivity contribution in [3.8, 4) is 0 Å². The third kappa shape index (κ3) is 9.15. The van der Waals surface area contributed by atoms with Crippen LogP contribution in [-0.4, -0.2) is 52.2 Å². The Balaban J connectivity index is 3.94. The van der Waals surface area contributed by atoms with Crippen LogP contribution in [-0.2, 0) is 14.4 Å². The average Bonchev–Trinajstić information content (AvgIpc) is 2.34. The molecule has 0 aliphatic heterocycles. The topological polar surface area (TPSA) is 124 Å². The van der Waals surface area contributed by atoms with Crippen LogP contribution in [0.5, 0.6) is 0 Å². The van der Waals surface area contributed by atoms with Crippen LogP contribution in [0.1, 0.15) is 38.5 Å². The maximum absolute atomic E-state index is 11.4. The molecule has 0 heterocycles. The smallest absolute Gasteiger partial charge is 0.326 e. The zero-order valence-electron chi connectivity index (χ0n) is 10.8. The highest BCUT2D eigenvalue weighted by Crippen LogP contribution is 2.02. The molecule has 0 radical (unpaired) electrons. The van der Waals surface area contributed by atoms with Crippen LogP contribution < -0.4 is 5.32 Å². The van der Waals surface area contributed by atoms with E-state index >= 15 is 0 Å². The van der Waals surface area contributed by atoms with E-state index in [4.69, 9.17) is 15.3 Å². The molecule has 110 valence electrons. The first-order valence-corrected chi connectivity index (χ1v) is 6.26. The molecule has 0 saturated heterocycles. The Hall–Kier alpha value is -1.47. The number of aliphatic carboxylic acids is 1. The van der Waals surface area contributed by atoms with E-state index in [0.717, 1.165) is 0 Å². The highest BCUT2D eigenvalue weighted by molar-refractivity contribution is 5.99. The first kappa shape index (κ1) is 17.5. The largest absolute Gasteiger partial charge is 0.480 e. The van der Waals surface area contributed by atoms with Crippen LogP contribution in [0, 0.1) is 0 Å². The fraction of sp³-hybridized carbons (Fsp3) is 0.750. The number of ketones is 1. The molecule has 1 atom stereocenters. The minimum atomic E-state index is -1.24. The van der Waals surface area contributed by atoms with Gasteiger partial charge in [0.1, 0.15) is 11.8 Å². The monoisotopic (exact) mass is 275 g/mol. The number of aliphatic hydroxyl groups excluding tert-OH is 2. The molecule has 0 rings (SSSR count). The van der Waals surface area contributed by atoms with Gasteiger partial charge in [0.25, 0.3) is 0 Å². The summed E-state index contributed by atoms with van der Waals surface area (Å²) < 4.78 is 0. The molecule has 0 saturated carbocycles. The molecule has 0 bridgehead atoms. The maximum atomic E-state index is 11.4. The van der Waals surface area contributed by atoms with E-state index in [1.165, 1.54) is 0 Å². The molecule has 7 nitrogen and oxygen atoms in total. The van der Waals surface area contributed by atoms with Crippen molar-refractivity contribution in [2.75, 3.05) is 13.2 Å². The van der Waals surface area contributed by atoms with Gasteiger partial charge in [0.15, 0.2) is 0 Å². The van der Waals surface area contributed by atoms with Gasteiger partial charge in [0.2, 0.25) is 5.91 Å². The highest BCUT2D eigenvalue weighted by atomic mass is 16.4. The Kier molecular flexibility index (Phi) is 9.64. The zero-order chi connectivity index (χ0) is 14.7. The second kappa shape index (κ2) is 10.5. The summed E-state index contributed by atoms with van der Waals surface area (Å²) in [6.45, 7) is -0.275. The van der Waals surface area contributed by atoms with Crippen LogP contribution in [0.4, 0.5) is 0 Å². The minimum absolute atomic E-state index is 0.0795. The van der Waals surface area contributed by atoms with E-state index in [2.05, 4.69) is 5.32 Å². The fourth-order valence-corrected chi connectivity index (χ4v) is 1.51. The molecule has 0 aliphatic rings. The Morgan fingerprint density at radius 2 is 1.68 bits per heavy atom. The van der Waals surface area contributed by atoms with Gasteiger partial charge in [-0.05, 0) is 12.8 Å². The van der Waals surface area contributed by atoms with Gasteiger partial charge in [-0.15, -0.1) is 0 Å². The number of carbonyl (C=O) groups is 3. The summed E-state index contributed by atoms with van der Waals surface area (Å²) in [4.78, 5) is 33.5. The van der Waals surface area contributed by atoms with E-state index in [1.54, 1.807) is 0 Å². The molecule has 0 aromatic carbocycles. The van der Waals surface area contributed by atoms with Crippen LogP contribution in [0.15, 0.2) is 0 Å². The van der Waals surface area contributed by atoms with E-state index < -0.39 is 17.9 Å². The number of carbonyl (C=O) groups excluding carboxylic acids is 2. The van der Waals surface area contributed by atoms with Gasteiger partial charge in [-0.1, -0.05) is 6.42 Å². The van der Waals surface area contributed by atoms with Crippen molar-refractivity contribution in [1.82, 2.24) is 5.32 Å². The molecule has 0 fully saturated rings. The molecule has 0 aromatic rings. The number of unbranched alkanes of at least 4 members (excludes halogenated alkanes) is 2. The number of hydrogen-bond donors (Lipinski definition) is 4. The summed E-state index contributed by atoms with van der Waals surface area (Å²) in [5.74, 6) is -2.14. The van der Waals surface area contributed by atoms with Crippen LogP contribution in [0.2, 0.25) is 0 Å². The number of carboxylic acids is 1. The lowest BCUT2D eigenvalue weighted by atomic mass is 10.1. The molecule has 0 unspecified atom stereocenters. The SMILES string of the molecule is O=C(CCCCCO)CC(=O)N[C@@H](CCO)C(=O)O. The van der Waals surface area contributed by atoms with Crippen molar-refractivity contribution in [2.24, 2.45) is 0 Å².